The predicted octanol–water partition coefficient (Wildman–Crippen LogP) is 2.82. The zero-order valence-corrected chi connectivity index (χ0v) is 17.4. The number of fused-ring (bicyclic) bond motifs is 1. The van der Waals surface area contributed by atoms with Crippen LogP contribution in [0.25, 0.3) is 0 Å². The molecule has 0 N–H and O–H groups in total. The van der Waals surface area contributed by atoms with E-state index in [-0.39, 0.29) is 17.9 Å². The van der Waals surface area contributed by atoms with Crippen LogP contribution in [0.15, 0.2) is 6.20 Å². The van der Waals surface area contributed by atoms with E-state index in [0.29, 0.717) is 19.5 Å². The highest BCUT2D eigenvalue weighted by molar-refractivity contribution is 7.13. The van der Waals surface area contributed by atoms with Crippen LogP contribution in [-0.4, -0.2) is 49.7 Å². The van der Waals surface area contributed by atoms with Crippen LogP contribution in [0.5, 0.6) is 0 Å². The van der Waals surface area contributed by atoms with Gasteiger partial charge in [0.1, 0.15) is 4.88 Å². The zero-order valence-electron chi connectivity index (χ0n) is 16.6. The van der Waals surface area contributed by atoms with Crippen molar-refractivity contribution in [2.75, 3.05) is 13.1 Å². The lowest BCUT2D eigenvalue weighted by Crippen LogP contribution is -2.39. The minimum absolute atomic E-state index is 0.0287. The highest BCUT2D eigenvalue weighted by Crippen LogP contribution is 2.30. The lowest BCUT2D eigenvalue weighted by molar-refractivity contribution is -0.132. The molecule has 0 radical (unpaired) electrons. The lowest BCUT2D eigenvalue weighted by Gasteiger charge is -2.35. The Labute approximate surface area is 168 Å². The number of amides is 2. The van der Waals surface area contributed by atoms with E-state index in [1.165, 1.54) is 11.3 Å². The second kappa shape index (κ2) is 7.58. The standard InChI is InChI=1S/C20H25N5O2S/c1-12-18(28-13(2)22-12)20(27)24-9-7-16-15(11-24)10-21-19(23-16)17-6-4-5-8-25(17)14(3)26/h10,17H,4-9,11H2,1-3H3. The van der Waals surface area contributed by atoms with Gasteiger partial charge in [-0.2, -0.15) is 0 Å². The van der Waals surface area contributed by atoms with E-state index in [1.54, 1.807) is 6.92 Å². The predicted molar refractivity (Wildman–Crippen MR) is 106 cm³/mol. The Morgan fingerprint density at radius 1 is 1.18 bits per heavy atom. The van der Waals surface area contributed by atoms with Crippen LogP contribution in [0.3, 0.4) is 0 Å². The van der Waals surface area contributed by atoms with Gasteiger partial charge in [-0.1, -0.05) is 0 Å². The Morgan fingerprint density at radius 2 is 2.00 bits per heavy atom. The fourth-order valence-corrected chi connectivity index (χ4v) is 5.00. The first-order valence-corrected chi connectivity index (χ1v) is 10.6. The molecule has 28 heavy (non-hydrogen) atoms. The van der Waals surface area contributed by atoms with Crippen LogP contribution < -0.4 is 0 Å². The first kappa shape index (κ1) is 19.0. The largest absolute Gasteiger partial charge is 0.333 e. The summed E-state index contributed by atoms with van der Waals surface area (Å²) in [5, 5.41) is 0.911. The molecule has 4 heterocycles. The van der Waals surface area contributed by atoms with Crippen LogP contribution in [0, 0.1) is 13.8 Å². The molecule has 0 saturated carbocycles. The minimum Gasteiger partial charge on any atom is -0.333 e. The van der Waals surface area contributed by atoms with Crippen molar-refractivity contribution < 1.29 is 9.59 Å². The van der Waals surface area contributed by atoms with Crippen molar-refractivity contribution in [3.8, 4) is 0 Å². The highest BCUT2D eigenvalue weighted by Gasteiger charge is 2.30. The maximum Gasteiger partial charge on any atom is 0.266 e. The Balaban J connectivity index is 1.54. The van der Waals surface area contributed by atoms with Crippen molar-refractivity contribution in [3.05, 3.63) is 38.9 Å². The van der Waals surface area contributed by atoms with Crippen molar-refractivity contribution in [1.29, 1.82) is 0 Å². The number of piperidine rings is 1. The van der Waals surface area contributed by atoms with Gasteiger partial charge in [-0.3, -0.25) is 9.59 Å². The number of likely N-dealkylation sites (tertiary alicyclic amines) is 1. The maximum absolute atomic E-state index is 12.9. The van der Waals surface area contributed by atoms with E-state index in [4.69, 9.17) is 4.98 Å². The van der Waals surface area contributed by atoms with Gasteiger partial charge in [0.05, 0.1) is 22.4 Å². The number of hydrogen-bond donors (Lipinski definition) is 0. The first-order chi connectivity index (χ1) is 13.4. The van der Waals surface area contributed by atoms with E-state index in [9.17, 15) is 9.59 Å². The third-order valence-electron chi connectivity index (χ3n) is 5.54. The summed E-state index contributed by atoms with van der Waals surface area (Å²) < 4.78 is 0. The molecule has 0 aromatic carbocycles. The molecule has 2 aromatic heterocycles. The van der Waals surface area contributed by atoms with Crippen LogP contribution in [0.1, 0.15) is 69.7 Å². The summed E-state index contributed by atoms with van der Waals surface area (Å²) in [5.41, 5.74) is 2.79. The Kier molecular flexibility index (Phi) is 5.14. The molecular weight excluding hydrogens is 374 g/mol. The van der Waals surface area contributed by atoms with Gasteiger partial charge >= 0.3 is 0 Å². The molecule has 1 saturated heterocycles. The molecule has 8 heteroatoms. The van der Waals surface area contributed by atoms with E-state index in [0.717, 1.165) is 58.5 Å². The molecule has 4 rings (SSSR count). The maximum atomic E-state index is 12.9. The van der Waals surface area contributed by atoms with Gasteiger partial charge in [0.15, 0.2) is 5.82 Å². The van der Waals surface area contributed by atoms with Crippen molar-refractivity contribution in [1.82, 2.24) is 24.8 Å². The Morgan fingerprint density at radius 3 is 2.71 bits per heavy atom. The average Bonchev–Trinajstić information content (AvgIpc) is 3.04. The van der Waals surface area contributed by atoms with Crippen molar-refractivity contribution in [2.24, 2.45) is 0 Å². The molecule has 1 fully saturated rings. The van der Waals surface area contributed by atoms with E-state index in [2.05, 4.69) is 9.97 Å². The first-order valence-electron chi connectivity index (χ1n) is 9.79. The van der Waals surface area contributed by atoms with Gasteiger partial charge in [-0.15, -0.1) is 11.3 Å². The summed E-state index contributed by atoms with van der Waals surface area (Å²) >= 11 is 1.45. The van der Waals surface area contributed by atoms with Gasteiger partial charge in [0, 0.05) is 44.7 Å². The third-order valence-corrected chi connectivity index (χ3v) is 6.60. The fraction of sp³-hybridized carbons (Fsp3) is 0.550. The number of aryl methyl sites for hydroxylation is 2. The molecule has 0 aliphatic carbocycles. The quantitative estimate of drug-likeness (QED) is 0.776. The number of thiazole rings is 1. The van der Waals surface area contributed by atoms with Gasteiger partial charge in [-0.05, 0) is 33.1 Å². The van der Waals surface area contributed by atoms with Crippen molar-refractivity contribution in [3.63, 3.8) is 0 Å². The number of hydrogen-bond acceptors (Lipinski definition) is 6. The number of rotatable bonds is 2. The Hall–Kier alpha value is -2.35. The number of carbonyl (C=O) groups excluding carboxylic acids is 2. The number of nitrogens with zero attached hydrogens (tertiary/aromatic N) is 5. The van der Waals surface area contributed by atoms with Crippen LogP contribution in [-0.2, 0) is 17.8 Å². The molecule has 2 aromatic rings. The molecule has 1 unspecified atom stereocenters. The molecule has 0 spiro atoms. The minimum atomic E-state index is -0.0287. The monoisotopic (exact) mass is 399 g/mol. The smallest absolute Gasteiger partial charge is 0.266 e. The average molecular weight is 400 g/mol. The fourth-order valence-electron chi connectivity index (χ4n) is 4.12. The summed E-state index contributed by atoms with van der Waals surface area (Å²) in [7, 11) is 0. The second-order valence-electron chi connectivity index (χ2n) is 7.55. The molecule has 7 nitrogen and oxygen atoms in total. The van der Waals surface area contributed by atoms with Gasteiger partial charge in [0.25, 0.3) is 5.91 Å². The van der Waals surface area contributed by atoms with Crippen LogP contribution >= 0.6 is 11.3 Å². The zero-order chi connectivity index (χ0) is 19.8. The van der Waals surface area contributed by atoms with Gasteiger partial charge < -0.3 is 9.80 Å². The lowest BCUT2D eigenvalue weighted by atomic mass is 10.0. The summed E-state index contributed by atoms with van der Waals surface area (Å²) in [6.07, 6.45) is 5.58. The van der Waals surface area contributed by atoms with Gasteiger partial charge in [-0.25, -0.2) is 15.0 Å². The summed E-state index contributed by atoms with van der Waals surface area (Å²) in [4.78, 5) is 43.1. The normalized spacial score (nSPS) is 19.5. The Bertz CT molecular complexity index is 925. The SMILES string of the molecule is CC(=O)N1CCCCC1c1ncc2c(n1)CCN(C(=O)c1sc(C)nc1C)C2. The third kappa shape index (κ3) is 3.53. The topological polar surface area (TPSA) is 79.3 Å². The van der Waals surface area contributed by atoms with Crippen LogP contribution in [0.4, 0.5) is 0 Å². The van der Waals surface area contributed by atoms with Gasteiger partial charge in [0.2, 0.25) is 5.91 Å². The number of carbonyl (C=O) groups is 2. The van der Waals surface area contributed by atoms with E-state index >= 15 is 0 Å². The van der Waals surface area contributed by atoms with Crippen molar-refractivity contribution in [2.45, 2.75) is 59.0 Å². The number of aromatic nitrogens is 3. The summed E-state index contributed by atoms with van der Waals surface area (Å²) in [6, 6.07) is -0.0287. The van der Waals surface area contributed by atoms with Crippen LogP contribution in [0.2, 0.25) is 0 Å². The molecule has 2 aliphatic rings. The molecule has 148 valence electrons. The molecule has 2 aliphatic heterocycles. The van der Waals surface area contributed by atoms with Crippen molar-refractivity contribution >= 4 is 23.2 Å². The summed E-state index contributed by atoms with van der Waals surface area (Å²) in [5.74, 6) is 0.855. The molecule has 1 atom stereocenters. The molecule has 0 bridgehead atoms. The van der Waals surface area contributed by atoms with E-state index in [1.807, 2.05) is 29.8 Å². The molecule has 2 amide bonds. The second-order valence-corrected chi connectivity index (χ2v) is 8.75. The molecular formula is C20H25N5O2S. The summed E-state index contributed by atoms with van der Waals surface area (Å²) in [6.45, 7) is 7.35. The van der Waals surface area contributed by atoms with E-state index < -0.39 is 0 Å². The highest BCUT2D eigenvalue weighted by atomic mass is 32.1.